The van der Waals surface area contributed by atoms with Gasteiger partial charge in [0.1, 0.15) is 35.6 Å². The van der Waals surface area contributed by atoms with Gasteiger partial charge in [0.15, 0.2) is 5.82 Å². The number of aromatic nitrogens is 3. The van der Waals surface area contributed by atoms with Crippen LogP contribution in [0.1, 0.15) is 63.9 Å². The number of rotatable bonds is 5. The molecule has 0 unspecified atom stereocenters. The average Bonchev–Trinajstić information content (AvgIpc) is 3.73. The third kappa shape index (κ3) is 7.41. The first-order valence-corrected chi connectivity index (χ1v) is 21.5. The van der Waals surface area contributed by atoms with E-state index in [0.717, 1.165) is 55.0 Å². The molecule has 6 aliphatic heterocycles. The molecule has 2 aromatic carbocycles. The number of pyridine rings is 1. The van der Waals surface area contributed by atoms with E-state index in [0.29, 0.717) is 80.4 Å². The van der Waals surface area contributed by atoms with Gasteiger partial charge in [0, 0.05) is 56.2 Å². The van der Waals surface area contributed by atoms with Crippen LogP contribution in [0.15, 0.2) is 36.5 Å². The Balaban J connectivity index is 1.17. The number of fused-ring (bicyclic) bond motifs is 7. The third-order valence-corrected chi connectivity index (χ3v) is 13.8. The van der Waals surface area contributed by atoms with Crippen molar-refractivity contribution >= 4 is 51.4 Å². The van der Waals surface area contributed by atoms with Crippen molar-refractivity contribution < 1.29 is 32.6 Å². The molecule has 4 aromatic rings. The van der Waals surface area contributed by atoms with Crippen LogP contribution in [0.3, 0.4) is 0 Å². The molecule has 3 atom stereocenters. The van der Waals surface area contributed by atoms with E-state index >= 15 is 4.39 Å². The van der Waals surface area contributed by atoms with E-state index in [1.807, 2.05) is 41.8 Å². The zero-order valence-corrected chi connectivity index (χ0v) is 33.3. The second-order valence-electron chi connectivity index (χ2n) is 16.6. The summed E-state index contributed by atoms with van der Waals surface area (Å²) < 4.78 is 50.4. The van der Waals surface area contributed by atoms with Crippen molar-refractivity contribution in [3.8, 4) is 23.0 Å². The molecule has 2 amide bonds. The Hall–Kier alpha value is -4.50. The highest BCUT2D eigenvalue weighted by Gasteiger charge is 2.49. The maximum atomic E-state index is 17.6. The number of carbonyl (C=O) groups is 2. The SMILES string of the molecule is CSC1CCN(C(=O)Oc2cc3c4c(cccc4c2)CCCOC(=O)N[C@]2(C)CCCN(C2)c2nc(OC[C@@]45CCCN4C[C@H](F)C5)nc4c(F)c-3ncc24)CC1. The van der Waals surface area contributed by atoms with Crippen molar-refractivity contribution in [2.75, 3.05) is 63.6 Å². The molecule has 12 nitrogen and oxygen atoms in total. The van der Waals surface area contributed by atoms with Gasteiger partial charge in [0.25, 0.3) is 0 Å². The zero-order valence-electron chi connectivity index (χ0n) is 32.5. The number of alkyl halides is 1. The average molecular weight is 802 g/mol. The molecule has 302 valence electrons. The molecule has 0 saturated carbocycles. The summed E-state index contributed by atoms with van der Waals surface area (Å²) >= 11 is 1.82. The number of nitrogens with one attached hydrogen (secondary N) is 1. The summed E-state index contributed by atoms with van der Waals surface area (Å²) in [5.74, 6) is 0.0557. The maximum Gasteiger partial charge on any atom is 0.415 e. The monoisotopic (exact) mass is 801 g/mol. The molecule has 6 aliphatic rings. The number of halogens is 2. The number of aryl methyl sites for hydroxylation is 1. The lowest BCUT2D eigenvalue weighted by Crippen LogP contribution is -2.57. The lowest BCUT2D eigenvalue weighted by molar-refractivity contribution is 0.107. The highest BCUT2D eigenvalue weighted by molar-refractivity contribution is 7.99. The standard InChI is InChI=1S/C42H49F2N7O5S/c1-41-12-5-14-50(24-41)37-32-22-45-35(34(44)36(32)46-38(47-37)55-25-42-13-6-15-51(42)23-28(43)21-42)31-20-29(56-40(53)49-16-10-30(57-2)11-17-49)19-27-8-3-7-26(33(27)31)9-4-18-54-39(52)48-41/h3,7-8,19-20,22,28,30H,4-6,9-18,21,23-25H2,1-2H3,(H,48,52)/t28-,41-,42+/m1/s1. The Morgan fingerprint density at radius 1 is 1.11 bits per heavy atom. The number of thioether (sulfide) groups is 1. The number of ether oxygens (including phenoxy) is 3. The molecule has 0 radical (unpaired) electrons. The quantitative estimate of drug-likeness (QED) is 0.219. The molecule has 57 heavy (non-hydrogen) atoms. The molecule has 8 heterocycles. The van der Waals surface area contributed by atoms with Gasteiger partial charge in [-0.25, -0.2) is 18.4 Å². The van der Waals surface area contributed by atoms with E-state index in [9.17, 15) is 14.0 Å². The highest BCUT2D eigenvalue weighted by atomic mass is 32.2. The van der Waals surface area contributed by atoms with E-state index in [2.05, 4.69) is 16.5 Å². The van der Waals surface area contributed by atoms with Gasteiger partial charge in [-0.05, 0) is 99.6 Å². The normalized spacial score (nSPS) is 25.8. The molecule has 0 spiro atoms. The molecule has 4 saturated heterocycles. The summed E-state index contributed by atoms with van der Waals surface area (Å²) in [6, 6.07) is 9.28. The molecule has 0 aliphatic carbocycles. The highest BCUT2D eigenvalue weighted by Crippen LogP contribution is 2.42. The summed E-state index contributed by atoms with van der Waals surface area (Å²) in [5, 5.41) is 5.49. The van der Waals surface area contributed by atoms with Crippen molar-refractivity contribution in [3.05, 3.63) is 47.9 Å². The summed E-state index contributed by atoms with van der Waals surface area (Å²) in [6.07, 6.45) is 8.23. The van der Waals surface area contributed by atoms with Gasteiger partial charge < -0.3 is 29.3 Å². The summed E-state index contributed by atoms with van der Waals surface area (Å²) in [4.78, 5) is 46.9. The van der Waals surface area contributed by atoms with Gasteiger partial charge in [-0.1, -0.05) is 18.2 Å². The predicted molar refractivity (Wildman–Crippen MR) is 216 cm³/mol. The number of carbonyl (C=O) groups excluding carboxylic acids is 2. The smallest absolute Gasteiger partial charge is 0.415 e. The van der Waals surface area contributed by atoms with Crippen molar-refractivity contribution in [2.24, 2.45) is 0 Å². The van der Waals surface area contributed by atoms with Gasteiger partial charge in [0.05, 0.1) is 23.1 Å². The maximum absolute atomic E-state index is 17.6. The van der Waals surface area contributed by atoms with Crippen molar-refractivity contribution in [1.29, 1.82) is 0 Å². The van der Waals surface area contributed by atoms with E-state index < -0.39 is 35.3 Å². The van der Waals surface area contributed by atoms with E-state index in [4.69, 9.17) is 29.2 Å². The zero-order chi connectivity index (χ0) is 39.3. The summed E-state index contributed by atoms with van der Waals surface area (Å²) in [5.41, 5.74) is 0.313. The predicted octanol–water partition coefficient (Wildman–Crippen LogP) is 7.30. The van der Waals surface area contributed by atoms with Crippen LogP contribution in [0.5, 0.6) is 11.8 Å². The fraction of sp³-hybridized carbons (Fsp3) is 0.548. The van der Waals surface area contributed by atoms with Crippen LogP contribution in [0.25, 0.3) is 32.9 Å². The minimum absolute atomic E-state index is 0.00637. The Kier molecular flexibility index (Phi) is 10.2. The molecule has 6 bridgehead atoms. The van der Waals surface area contributed by atoms with Crippen LogP contribution in [0.4, 0.5) is 24.2 Å². The molecular formula is C42H49F2N7O5S. The summed E-state index contributed by atoms with van der Waals surface area (Å²) in [7, 11) is 0. The first kappa shape index (κ1) is 38.0. The van der Waals surface area contributed by atoms with Crippen molar-refractivity contribution in [3.63, 3.8) is 0 Å². The lowest BCUT2D eigenvalue weighted by Gasteiger charge is -2.41. The fourth-order valence-electron chi connectivity index (χ4n) is 9.77. The van der Waals surface area contributed by atoms with Crippen molar-refractivity contribution in [2.45, 2.75) is 87.2 Å². The fourth-order valence-corrected chi connectivity index (χ4v) is 10.4. The summed E-state index contributed by atoms with van der Waals surface area (Å²) in [6.45, 7) is 5.71. The van der Waals surface area contributed by atoms with Crippen LogP contribution in [0.2, 0.25) is 0 Å². The molecule has 15 heteroatoms. The number of likely N-dealkylation sites (tertiary alicyclic amines) is 1. The first-order chi connectivity index (χ1) is 27.6. The van der Waals surface area contributed by atoms with Crippen LogP contribution in [-0.2, 0) is 11.2 Å². The Morgan fingerprint density at radius 3 is 2.79 bits per heavy atom. The Labute approximate surface area is 335 Å². The van der Waals surface area contributed by atoms with Gasteiger partial charge in [-0.3, -0.25) is 9.88 Å². The lowest BCUT2D eigenvalue weighted by atomic mass is 9.91. The first-order valence-electron chi connectivity index (χ1n) is 20.2. The number of alkyl carbamates (subject to hydrolysis) is 1. The Bertz CT molecular complexity index is 2210. The number of nitrogens with zero attached hydrogens (tertiary/aromatic N) is 6. The number of hydrogen-bond acceptors (Lipinski definition) is 11. The molecule has 1 N–H and O–H groups in total. The number of amides is 2. The molecular weight excluding hydrogens is 753 g/mol. The molecule has 2 aromatic heterocycles. The van der Waals surface area contributed by atoms with E-state index in [1.54, 1.807) is 23.2 Å². The van der Waals surface area contributed by atoms with Crippen LogP contribution in [-0.4, -0.2) is 118 Å². The third-order valence-electron chi connectivity index (χ3n) is 12.6. The van der Waals surface area contributed by atoms with Crippen LogP contribution < -0.4 is 19.7 Å². The number of anilines is 1. The van der Waals surface area contributed by atoms with E-state index in [-0.39, 0.29) is 36.2 Å². The minimum Gasteiger partial charge on any atom is -0.461 e. The van der Waals surface area contributed by atoms with E-state index in [1.165, 1.54) is 0 Å². The Morgan fingerprint density at radius 2 is 1.95 bits per heavy atom. The van der Waals surface area contributed by atoms with Crippen LogP contribution in [0, 0.1) is 5.82 Å². The second kappa shape index (κ2) is 15.3. The number of hydrogen-bond donors (Lipinski definition) is 1. The van der Waals surface area contributed by atoms with Crippen molar-refractivity contribution in [1.82, 2.24) is 30.1 Å². The van der Waals surface area contributed by atoms with Gasteiger partial charge >= 0.3 is 18.2 Å². The largest absolute Gasteiger partial charge is 0.461 e. The topological polar surface area (TPSA) is 122 Å². The number of piperidine rings is 2. The minimum atomic E-state index is -0.934. The molecule has 4 fully saturated rings. The van der Waals surface area contributed by atoms with Gasteiger partial charge in [-0.2, -0.15) is 21.7 Å². The van der Waals surface area contributed by atoms with Gasteiger partial charge in [-0.15, -0.1) is 0 Å². The molecule has 10 rings (SSSR count). The van der Waals surface area contributed by atoms with Gasteiger partial charge in [0.2, 0.25) is 0 Å². The second-order valence-corrected chi connectivity index (χ2v) is 17.7. The number of benzene rings is 2. The van der Waals surface area contributed by atoms with Crippen LogP contribution >= 0.6 is 11.8 Å².